The Labute approximate surface area is 155 Å². The molecule has 0 spiro atoms. The molecule has 7 heteroatoms. The number of rotatable bonds is 3. The lowest BCUT2D eigenvalue weighted by Gasteiger charge is -2.35. The van der Waals surface area contributed by atoms with Crippen LogP contribution in [0.15, 0.2) is 48.5 Å². The molecule has 1 fully saturated rings. The molecule has 0 bridgehead atoms. The molecule has 6 nitrogen and oxygen atoms in total. The van der Waals surface area contributed by atoms with Gasteiger partial charge in [-0.3, -0.25) is 9.59 Å². The fourth-order valence-electron chi connectivity index (χ4n) is 2.91. The molecule has 2 aromatic carbocycles. The topological polar surface area (TPSA) is 77.9 Å². The van der Waals surface area contributed by atoms with E-state index in [9.17, 15) is 19.5 Å². The van der Waals surface area contributed by atoms with Crippen molar-refractivity contribution in [2.45, 2.75) is 0 Å². The van der Waals surface area contributed by atoms with Gasteiger partial charge in [0.25, 0.3) is 11.8 Å². The van der Waals surface area contributed by atoms with E-state index in [0.717, 1.165) is 0 Å². The van der Waals surface area contributed by atoms with E-state index in [0.29, 0.717) is 36.8 Å². The van der Waals surface area contributed by atoms with E-state index in [1.54, 1.807) is 46.2 Å². The number of hydrogen-bond donors (Lipinski definition) is 1. The van der Waals surface area contributed by atoms with Crippen LogP contribution in [0.2, 0.25) is 5.02 Å². The van der Waals surface area contributed by atoms with Gasteiger partial charge in [0, 0.05) is 36.8 Å². The second-order valence-electron chi connectivity index (χ2n) is 5.94. The Kier molecular flexibility index (Phi) is 5.23. The number of nitrogens with zero attached hydrogens (tertiary/aromatic N) is 2. The predicted molar refractivity (Wildman–Crippen MR) is 96.7 cm³/mol. The van der Waals surface area contributed by atoms with Gasteiger partial charge in [0.05, 0.1) is 11.1 Å². The van der Waals surface area contributed by atoms with Crippen LogP contribution in [0.25, 0.3) is 0 Å². The van der Waals surface area contributed by atoms with Crippen molar-refractivity contribution in [1.82, 2.24) is 9.80 Å². The van der Waals surface area contributed by atoms with E-state index in [2.05, 4.69) is 0 Å². The number of carbonyl (C=O) groups excluding carboxylic acids is 2. The smallest absolute Gasteiger partial charge is 0.336 e. The zero-order chi connectivity index (χ0) is 18.7. The van der Waals surface area contributed by atoms with Crippen LogP contribution in [-0.4, -0.2) is 58.9 Å². The summed E-state index contributed by atoms with van der Waals surface area (Å²) in [5, 5.41) is 9.80. The number of halogens is 1. The Balaban J connectivity index is 1.67. The first-order valence-corrected chi connectivity index (χ1v) is 8.51. The first-order chi connectivity index (χ1) is 12.5. The molecule has 1 heterocycles. The summed E-state index contributed by atoms with van der Waals surface area (Å²) in [5.41, 5.74) is 0.694. The molecule has 0 unspecified atom stereocenters. The highest BCUT2D eigenvalue weighted by atomic mass is 35.5. The average Bonchev–Trinajstić information content (AvgIpc) is 2.67. The Morgan fingerprint density at radius 2 is 1.27 bits per heavy atom. The Morgan fingerprint density at radius 3 is 1.81 bits per heavy atom. The maximum Gasteiger partial charge on any atom is 0.336 e. The lowest BCUT2D eigenvalue weighted by Crippen LogP contribution is -2.50. The molecule has 0 radical (unpaired) electrons. The van der Waals surface area contributed by atoms with Crippen LogP contribution < -0.4 is 0 Å². The van der Waals surface area contributed by atoms with Crippen molar-refractivity contribution in [3.63, 3.8) is 0 Å². The fourth-order valence-corrected chi connectivity index (χ4v) is 3.04. The van der Waals surface area contributed by atoms with Crippen molar-refractivity contribution < 1.29 is 19.5 Å². The Hall–Kier alpha value is -2.86. The molecule has 0 aliphatic carbocycles. The molecule has 1 N–H and O–H groups in total. The summed E-state index contributed by atoms with van der Waals surface area (Å²) >= 11 is 5.84. The summed E-state index contributed by atoms with van der Waals surface area (Å²) in [5.74, 6) is -1.58. The van der Waals surface area contributed by atoms with E-state index in [4.69, 9.17) is 11.6 Å². The molecule has 2 amide bonds. The van der Waals surface area contributed by atoms with Gasteiger partial charge in [0.2, 0.25) is 0 Å². The highest BCUT2D eigenvalue weighted by Crippen LogP contribution is 2.16. The van der Waals surface area contributed by atoms with E-state index in [-0.39, 0.29) is 22.9 Å². The maximum absolute atomic E-state index is 12.7. The molecule has 134 valence electrons. The minimum atomic E-state index is -1.13. The third-order valence-electron chi connectivity index (χ3n) is 4.33. The molecule has 2 aromatic rings. The summed E-state index contributed by atoms with van der Waals surface area (Å²) in [7, 11) is 0. The Morgan fingerprint density at radius 1 is 0.769 bits per heavy atom. The quantitative estimate of drug-likeness (QED) is 0.898. The van der Waals surface area contributed by atoms with Gasteiger partial charge in [-0.05, 0) is 36.4 Å². The predicted octanol–water partition coefficient (Wildman–Crippen LogP) is 2.64. The van der Waals surface area contributed by atoms with Crippen molar-refractivity contribution in [3.8, 4) is 0 Å². The first-order valence-electron chi connectivity index (χ1n) is 8.14. The zero-order valence-electron chi connectivity index (χ0n) is 13.9. The molecule has 0 saturated carbocycles. The molecular formula is C19H17ClN2O4. The number of aromatic carboxylic acids is 1. The summed E-state index contributed by atoms with van der Waals surface area (Å²) in [4.78, 5) is 39.7. The lowest BCUT2D eigenvalue weighted by atomic mass is 10.1. The monoisotopic (exact) mass is 372 g/mol. The van der Waals surface area contributed by atoms with Gasteiger partial charge >= 0.3 is 5.97 Å². The first kappa shape index (κ1) is 17.9. The van der Waals surface area contributed by atoms with E-state index < -0.39 is 5.97 Å². The summed E-state index contributed by atoms with van der Waals surface area (Å²) in [6.07, 6.45) is 0. The van der Waals surface area contributed by atoms with Crippen LogP contribution in [0.3, 0.4) is 0 Å². The summed E-state index contributed by atoms with van der Waals surface area (Å²) in [6, 6.07) is 12.8. The molecule has 1 aliphatic heterocycles. The van der Waals surface area contributed by atoms with Crippen LogP contribution in [0.1, 0.15) is 31.1 Å². The van der Waals surface area contributed by atoms with Gasteiger partial charge in [0.1, 0.15) is 0 Å². The highest BCUT2D eigenvalue weighted by molar-refractivity contribution is 6.30. The van der Waals surface area contributed by atoms with Gasteiger partial charge in [-0.1, -0.05) is 23.7 Å². The molecule has 1 aliphatic rings. The minimum absolute atomic E-state index is 0.0165. The van der Waals surface area contributed by atoms with E-state index in [1.807, 2.05) is 0 Å². The lowest BCUT2D eigenvalue weighted by molar-refractivity contribution is 0.0531. The molecule has 0 aromatic heterocycles. The second kappa shape index (κ2) is 7.58. The van der Waals surface area contributed by atoms with Crippen molar-refractivity contribution in [3.05, 3.63) is 70.2 Å². The molecule has 3 rings (SSSR count). The number of amides is 2. The van der Waals surface area contributed by atoms with E-state index >= 15 is 0 Å². The van der Waals surface area contributed by atoms with Gasteiger partial charge in [-0.25, -0.2) is 4.79 Å². The number of benzene rings is 2. The summed E-state index contributed by atoms with van der Waals surface area (Å²) in [6.45, 7) is 1.49. The van der Waals surface area contributed by atoms with Gasteiger partial charge in [-0.2, -0.15) is 0 Å². The molecule has 1 saturated heterocycles. The summed E-state index contributed by atoms with van der Waals surface area (Å²) < 4.78 is 0. The molecule has 0 atom stereocenters. The standard InChI is InChI=1S/C19H17ClN2O4/c20-14-7-5-13(6-8-14)17(23)21-9-11-22(12-10-21)18(24)15-3-1-2-4-16(15)19(25)26/h1-8H,9-12H2,(H,25,26). The second-order valence-corrected chi connectivity index (χ2v) is 6.38. The van der Waals surface area contributed by atoms with Crippen molar-refractivity contribution >= 4 is 29.4 Å². The third-order valence-corrected chi connectivity index (χ3v) is 4.59. The Bertz CT molecular complexity index is 843. The maximum atomic E-state index is 12.7. The van der Waals surface area contributed by atoms with Crippen molar-refractivity contribution in [1.29, 1.82) is 0 Å². The highest BCUT2D eigenvalue weighted by Gasteiger charge is 2.27. The van der Waals surface area contributed by atoms with Crippen LogP contribution >= 0.6 is 11.6 Å². The normalized spacial score (nSPS) is 14.2. The molecular weight excluding hydrogens is 356 g/mol. The SMILES string of the molecule is O=C(O)c1ccccc1C(=O)N1CCN(C(=O)c2ccc(Cl)cc2)CC1. The van der Waals surface area contributed by atoms with Crippen LogP contribution in [0.4, 0.5) is 0 Å². The van der Waals surface area contributed by atoms with Gasteiger partial charge in [0.15, 0.2) is 0 Å². The number of carbonyl (C=O) groups is 3. The molecule has 26 heavy (non-hydrogen) atoms. The fraction of sp³-hybridized carbons (Fsp3) is 0.211. The van der Waals surface area contributed by atoms with E-state index in [1.165, 1.54) is 12.1 Å². The number of hydrogen-bond acceptors (Lipinski definition) is 3. The number of piperazine rings is 1. The van der Waals surface area contributed by atoms with Crippen molar-refractivity contribution in [2.75, 3.05) is 26.2 Å². The zero-order valence-corrected chi connectivity index (χ0v) is 14.6. The third kappa shape index (κ3) is 3.70. The van der Waals surface area contributed by atoms with Crippen LogP contribution in [-0.2, 0) is 0 Å². The largest absolute Gasteiger partial charge is 0.478 e. The minimum Gasteiger partial charge on any atom is -0.478 e. The van der Waals surface area contributed by atoms with Crippen LogP contribution in [0.5, 0.6) is 0 Å². The van der Waals surface area contributed by atoms with Gasteiger partial charge < -0.3 is 14.9 Å². The number of carboxylic acid groups (broad SMARTS) is 1. The van der Waals surface area contributed by atoms with Crippen molar-refractivity contribution in [2.24, 2.45) is 0 Å². The number of carboxylic acids is 1. The average molecular weight is 373 g/mol. The van der Waals surface area contributed by atoms with Gasteiger partial charge in [-0.15, -0.1) is 0 Å². The van der Waals surface area contributed by atoms with Crippen LogP contribution in [0, 0.1) is 0 Å².